The zero-order chi connectivity index (χ0) is 22.1. The summed E-state index contributed by atoms with van der Waals surface area (Å²) < 4.78 is 30.9. The third kappa shape index (κ3) is 3.90. The summed E-state index contributed by atoms with van der Waals surface area (Å²) >= 11 is 0. The molecular formula is C21H25N3O5S. The van der Waals surface area contributed by atoms with Crippen molar-refractivity contribution in [2.45, 2.75) is 24.3 Å². The van der Waals surface area contributed by atoms with Crippen molar-refractivity contribution in [2.75, 3.05) is 27.2 Å². The molecule has 1 heterocycles. The second-order valence-corrected chi connectivity index (χ2v) is 9.59. The zero-order valence-electron chi connectivity index (χ0n) is 17.4. The first kappa shape index (κ1) is 21.8. The summed E-state index contributed by atoms with van der Waals surface area (Å²) in [5, 5.41) is 2.78. The van der Waals surface area contributed by atoms with Crippen molar-refractivity contribution < 1.29 is 22.7 Å². The number of carbonyl (C=O) groups excluding carboxylic acids is 2. The van der Waals surface area contributed by atoms with E-state index in [0.717, 1.165) is 20.3 Å². The first-order chi connectivity index (χ1) is 14.1. The first-order valence-corrected chi connectivity index (χ1v) is 10.9. The molecule has 1 fully saturated rings. The number of carbonyl (C=O) groups is 2. The maximum Gasteiger partial charge on any atom is 0.325 e. The molecule has 0 aliphatic carbocycles. The van der Waals surface area contributed by atoms with Crippen molar-refractivity contribution in [1.29, 1.82) is 0 Å². The maximum absolute atomic E-state index is 13.0. The van der Waals surface area contributed by atoms with Gasteiger partial charge < -0.3 is 10.1 Å². The Labute approximate surface area is 176 Å². The van der Waals surface area contributed by atoms with Crippen LogP contribution in [-0.2, 0) is 20.4 Å². The van der Waals surface area contributed by atoms with Crippen LogP contribution in [0.4, 0.5) is 4.79 Å². The molecule has 160 valence electrons. The van der Waals surface area contributed by atoms with E-state index in [-0.39, 0.29) is 24.0 Å². The fourth-order valence-electron chi connectivity index (χ4n) is 3.39. The van der Waals surface area contributed by atoms with Gasteiger partial charge in [-0.1, -0.05) is 24.3 Å². The number of amides is 3. The highest BCUT2D eigenvalue weighted by Gasteiger charge is 2.49. The molecule has 30 heavy (non-hydrogen) atoms. The lowest BCUT2D eigenvalue weighted by Gasteiger charge is -2.24. The molecular weight excluding hydrogens is 406 g/mol. The lowest BCUT2D eigenvalue weighted by atomic mass is 9.88. The minimum absolute atomic E-state index is 0.0733. The van der Waals surface area contributed by atoms with Crippen LogP contribution >= 0.6 is 0 Å². The molecule has 1 atom stereocenters. The van der Waals surface area contributed by atoms with Gasteiger partial charge in [-0.2, -0.15) is 0 Å². The fourth-order valence-corrected chi connectivity index (χ4v) is 4.29. The van der Waals surface area contributed by atoms with Crippen molar-refractivity contribution in [3.05, 3.63) is 59.7 Å². The van der Waals surface area contributed by atoms with E-state index in [0.29, 0.717) is 5.75 Å². The second-order valence-electron chi connectivity index (χ2n) is 7.43. The number of sulfonamides is 1. The van der Waals surface area contributed by atoms with Gasteiger partial charge >= 0.3 is 6.03 Å². The van der Waals surface area contributed by atoms with Crippen LogP contribution in [0.25, 0.3) is 0 Å². The Bertz CT molecular complexity index is 1070. The SMILES string of the molecule is Cc1ccccc1C1(C)NC(=O)N(CCOc2ccc(S(=O)(=O)N(C)C)cc2)C1=O. The lowest BCUT2D eigenvalue weighted by Crippen LogP contribution is -2.41. The summed E-state index contributed by atoms with van der Waals surface area (Å²) in [7, 11) is -0.591. The molecule has 1 aliphatic rings. The number of rotatable bonds is 7. The molecule has 1 aliphatic heterocycles. The molecule has 0 spiro atoms. The van der Waals surface area contributed by atoms with Gasteiger partial charge in [0, 0.05) is 14.1 Å². The van der Waals surface area contributed by atoms with Gasteiger partial charge in [0.25, 0.3) is 5.91 Å². The molecule has 3 rings (SSSR count). The number of hydrogen-bond acceptors (Lipinski definition) is 5. The van der Waals surface area contributed by atoms with E-state index < -0.39 is 21.6 Å². The van der Waals surface area contributed by atoms with Gasteiger partial charge in [-0.3, -0.25) is 9.69 Å². The fraction of sp³-hybridized carbons (Fsp3) is 0.333. The van der Waals surface area contributed by atoms with Crippen LogP contribution in [0.1, 0.15) is 18.1 Å². The van der Waals surface area contributed by atoms with Gasteiger partial charge in [0.05, 0.1) is 11.4 Å². The molecule has 0 saturated carbocycles. The highest BCUT2D eigenvalue weighted by molar-refractivity contribution is 7.89. The molecule has 0 radical (unpaired) electrons. The average Bonchev–Trinajstić information content (AvgIpc) is 2.92. The molecule has 0 aromatic heterocycles. The van der Waals surface area contributed by atoms with Crippen molar-refractivity contribution in [1.82, 2.24) is 14.5 Å². The van der Waals surface area contributed by atoms with E-state index in [9.17, 15) is 18.0 Å². The molecule has 1 N–H and O–H groups in total. The summed E-state index contributed by atoms with van der Waals surface area (Å²) in [6.07, 6.45) is 0. The number of urea groups is 1. The minimum atomic E-state index is -3.51. The number of imide groups is 1. The van der Waals surface area contributed by atoms with Gasteiger partial charge in [-0.25, -0.2) is 17.5 Å². The van der Waals surface area contributed by atoms with Gasteiger partial charge in [-0.15, -0.1) is 0 Å². The van der Waals surface area contributed by atoms with Crippen molar-refractivity contribution in [2.24, 2.45) is 0 Å². The summed E-state index contributed by atoms with van der Waals surface area (Å²) in [5.41, 5.74) is 0.550. The maximum atomic E-state index is 13.0. The van der Waals surface area contributed by atoms with Gasteiger partial charge in [0.15, 0.2) is 0 Å². The van der Waals surface area contributed by atoms with Gasteiger partial charge in [0.1, 0.15) is 17.9 Å². The van der Waals surface area contributed by atoms with E-state index >= 15 is 0 Å². The summed E-state index contributed by atoms with van der Waals surface area (Å²) in [4.78, 5) is 26.7. The van der Waals surface area contributed by atoms with Crippen LogP contribution in [-0.4, -0.2) is 56.8 Å². The number of ether oxygens (including phenoxy) is 1. The summed E-state index contributed by atoms with van der Waals surface area (Å²) in [6.45, 7) is 3.75. The summed E-state index contributed by atoms with van der Waals surface area (Å²) in [5.74, 6) is 0.110. The third-order valence-corrected chi connectivity index (χ3v) is 6.97. The van der Waals surface area contributed by atoms with Crippen LogP contribution < -0.4 is 10.1 Å². The van der Waals surface area contributed by atoms with Crippen LogP contribution in [0.5, 0.6) is 5.75 Å². The lowest BCUT2D eigenvalue weighted by molar-refractivity contribution is -0.131. The number of nitrogens with one attached hydrogen (secondary N) is 1. The highest BCUT2D eigenvalue weighted by Crippen LogP contribution is 2.30. The van der Waals surface area contributed by atoms with E-state index in [4.69, 9.17) is 4.74 Å². The number of aryl methyl sites for hydroxylation is 1. The van der Waals surface area contributed by atoms with Crippen LogP contribution in [0, 0.1) is 6.92 Å². The Kier molecular flexibility index (Phi) is 5.87. The quantitative estimate of drug-likeness (QED) is 0.678. The molecule has 1 unspecified atom stereocenters. The van der Waals surface area contributed by atoms with E-state index in [1.807, 2.05) is 31.2 Å². The van der Waals surface area contributed by atoms with Crippen LogP contribution in [0.3, 0.4) is 0 Å². The number of nitrogens with zero attached hydrogens (tertiary/aromatic N) is 2. The second kappa shape index (κ2) is 8.08. The van der Waals surface area contributed by atoms with Gasteiger partial charge in [-0.05, 0) is 49.2 Å². The van der Waals surface area contributed by atoms with Crippen molar-refractivity contribution in [3.63, 3.8) is 0 Å². The molecule has 8 nitrogen and oxygen atoms in total. The highest BCUT2D eigenvalue weighted by atomic mass is 32.2. The smallest absolute Gasteiger partial charge is 0.325 e. The predicted octanol–water partition coefficient (Wildman–Crippen LogP) is 2.09. The standard InChI is InChI=1S/C21H25N3O5S/c1-15-7-5-6-8-18(15)21(2)19(25)24(20(26)22-21)13-14-29-16-9-11-17(12-10-16)30(27,28)23(3)4/h5-12H,13-14H2,1-4H3,(H,22,26). The van der Waals surface area contributed by atoms with E-state index in [2.05, 4.69) is 5.32 Å². The van der Waals surface area contributed by atoms with Crippen molar-refractivity contribution in [3.8, 4) is 5.75 Å². The Hall–Kier alpha value is -2.91. The largest absolute Gasteiger partial charge is 0.492 e. The minimum Gasteiger partial charge on any atom is -0.492 e. The van der Waals surface area contributed by atoms with E-state index in [1.54, 1.807) is 19.1 Å². The van der Waals surface area contributed by atoms with Crippen LogP contribution in [0.2, 0.25) is 0 Å². The van der Waals surface area contributed by atoms with Crippen molar-refractivity contribution >= 4 is 22.0 Å². The molecule has 0 bridgehead atoms. The summed E-state index contributed by atoms with van der Waals surface area (Å²) in [6, 6.07) is 13.0. The van der Waals surface area contributed by atoms with Crippen LogP contribution in [0.15, 0.2) is 53.4 Å². The average molecular weight is 432 g/mol. The molecule has 9 heteroatoms. The third-order valence-electron chi connectivity index (χ3n) is 5.14. The molecule has 2 aromatic carbocycles. The molecule has 2 aromatic rings. The Morgan fingerprint density at radius 1 is 1.07 bits per heavy atom. The Morgan fingerprint density at radius 2 is 1.70 bits per heavy atom. The zero-order valence-corrected chi connectivity index (χ0v) is 18.2. The number of benzene rings is 2. The normalized spacial score (nSPS) is 19.3. The predicted molar refractivity (Wildman–Crippen MR) is 112 cm³/mol. The topological polar surface area (TPSA) is 96.0 Å². The van der Waals surface area contributed by atoms with Gasteiger partial charge in [0.2, 0.25) is 10.0 Å². The number of hydrogen-bond donors (Lipinski definition) is 1. The first-order valence-electron chi connectivity index (χ1n) is 9.43. The van der Waals surface area contributed by atoms with E-state index in [1.165, 1.54) is 26.2 Å². The molecule has 1 saturated heterocycles. The monoisotopic (exact) mass is 431 g/mol. The Morgan fingerprint density at radius 3 is 2.30 bits per heavy atom. The Balaban J connectivity index is 1.65. The molecule has 3 amide bonds.